The predicted octanol–water partition coefficient (Wildman–Crippen LogP) is 2.62. The Morgan fingerprint density at radius 3 is 2.69 bits per heavy atom. The smallest absolute Gasteiger partial charge is 0.260 e. The van der Waals surface area contributed by atoms with Gasteiger partial charge in [0.15, 0.2) is 11.0 Å². The van der Waals surface area contributed by atoms with Gasteiger partial charge in [-0.15, -0.1) is 10.2 Å². The molecular weight excluding hydrogens is 390 g/mol. The molecule has 1 aliphatic heterocycles. The number of carbonyl (C=O) groups excluding carboxylic acids is 1. The molecule has 0 radical (unpaired) electrons. The molecular formula is C20H19N5O3S. The second-order valence-electron chi connectivity index (χ2n) is 6.34. The Bertz CT molecular complexity index is 1040. The fourth-order valence-corrected chi connectivity index (χ4v) is 3.61. The monoisotopic (exact) mass is 409 g/mol. The van der Waals surface area contributed by atoms with Gasteiger partial charge < -0.3 is 14.0 Å². The van der Waals surface area contributed by atoms with E-state index in [4.69, 9.17) is 9.47 Å². The van der Waals surface area contributed by atoms with Crippen LogP contribution < -0.4 is 9.47 Å². The average Bonchev–Trinajstić information content (AvgIpc) is 3.10. The summed E-state index contributed by atoms with van der Waals surface area (Å²) < 4.78 is 12.8. The SMILES string of the molecule is COc1ccc(OCc2nnc(SCC3=NC(=O)C4C=CC=CC4=N3)n2C)cc1. The van der Waals surface area contributed by atoms with Crippen molar-refractivity contribution < 1.29 is 14.3 Å². The van der Waals surface area contributed by atoms with E-state index in [1.54, 1.807) is 7.11 Å². The van der Waals surface area contributed by atoms with Crippen molar-refractivity contribution in [3.8, 4) is 11.5 Å². The zero-order valence-electron chi connectivity index (χ0n) is 16.0. The maximum absolute atomic E-state index is 12.2. The number of fused-ring (bicyclic) bond motifs is 1. The Hall–Kier alpha value is -3.20. The minimum absolute atomic E-state index is 0.183. The van der Waals surface area contributed by atoms with Crippen LogP contribution in [0.5, 0.6) is 11.5 Å². The van der Waals surface area contributed by atoms with E-state index in [9.17, 15) is 4.79 Å². The number of thioether (sulfide) groups is 1. The van der Waals surface area contributed by atoms with Crippen molar-refractivity contribution >= 4 is 29.2 Å². The van der Waals surface area contributed by atoms with Crippen molar-refractivity contribution in [3.05, 3.63) is 54.4 Å². The van der Waals surface area contributed by atoms with Gasteiger partial charge in [0.2, 0.25) is 0 Å². The molecule has 1 atom stereocenters. The van der Waals surface area contributed by atoms with Gasteiger partial charge in [0, 0.05) is 7.05 Å². The van der Waals surface area contributed by atoms with Crippen molar-refractivity contribution in [2.24, 2.45) is 23.0 Å². The van der Waals surface area contributed by atoms with Crippen molar-refractivity contribution in [2.75, 3.05) is 12.9 Å². The van der Waals surface area contributed by atoms with E-state index in [-0.39, 0.29) is 18.4 Å². The lowest BCUT2D eigenvalue weighted by Gasteiger charge is -2.17. The number of ether oxygens (including phenoxy) is 2. The summed E-state index contributed by atoms with van der Waals surface area (Å²) in [7, 11) is 3.50. The minimum Gasteiger partial charge on any atom is -0.497 e. The molecule has 0 saturated heterocycles. The third kappa shape index (κ3) is 4.29. The number of amides is 1. The van der Waals surface area contributed by atoms with Gasteiger partial charge in [-0.05, 0) is 30.3 Å². The molecule has 0 N–H and O–H groups in total. The molecule has 1 unspecified atom stereocenters. The fourth-order valence-electron chi connectivity index (χ4n) is 2.83. The average molecular weight is 409 g/mol. The first-order chi connectivity index (χ1) is 14.1. The molecule has 1 aliphatic carbocycles. The number of methoxy groups -OCH3 is 1. The molecule has 148 valence electrons. The summed E-state index contributed by atoms with van der Waals surface area (Å²) in [4.78, 5) is 20.8. The molecule has 1 aromatic carbocycles. The number of carbonyl (C=O) groups is 1. The summed E-state index contributed by atoms with van der Waals surface area (Å²) in [5.41, 5.74) is 0.731. The molecule has 8 nitrogen and oxygen atoms in total. The number of allylic oxidation sites excluding steroid dienone is 3. The normalized spacial score (nSPS) is 17.6. The number of rotatable bonds is 7. The molecule has 0 bridgehead atoms. The molecule has 2 heterocycles. The van der Waals surface area contributed by atoms with Crippen LogP contribution in [-0.4, -0.2) is 45.1 Å². The maximum atomic E-state index is 12.2. The second kappa shape index (κ2) is 8.44. The number of amidine groups is 1. The van der Waals surface area contributed by atoms with Gasteiger partial charge in [0.05, 0.1) is 18.6 Å². The topological polar surface area (TPSA) is 91.0 Å². The van der Waals surface area contributed by atoms with E-state index in [1.807, 2.05) is 60.2 Å². The third-order valence-electron chi connectivity index (χ3n) is 4.45. The standard InChI is InChI=1S/C20H19N5O3S/c1-25-18(11-28-14-9-7-13(27-2)8-10-14)23-24-20(25)29-12-17-21-16-6-4-3-5-15(16)19(26)22-17/h3-10,15H,11-12H2,1-2H3. The summed E-state index contributed by atoms with van der Waals surface area (Å²) in [6.07, 6.45) is 7.37. The van der Waals surface area contributed by atoms with Gasteiger partial charge in [-0.2, -0.15) is 4.99 Å². The Morgan fingerprint density at radius 2 is 1.90 bits per heavy atom. The molecule has 0 saturated carbocycles. The Kier molecular flexibility index (Phi) is 5.57. The molecule has 29 heavy (non-hydrogen) atoms. The van der Waals surface area contributed by atoms with E-state index in [0.717, 1.165) is 17.2 Å². The largest absolute Gasteiger partial charge is 0.497 e. The molecule has 0 spiro atoms. The van der Waals surface area contributed by atoms with Gasteiger partial charge in [-0.1, -0.05) is 30.0 Å². The summed E-state index contributed by atoms with van der Waals surface area (Å²) in [5.74, 6) is 2.57. The number of nitrogens with zero attached hydrogens (tertiary/aromatic N) is 5. The highest BCUT2D eigenvalue weighted by atomic mass is 32.2. The molecule has 1 aromatic heterocycles. The number of aliphatic imine (C=N–C) groups is 2. The van der Waals surface area contributed by atoms with Crippen LogP contribution in [0.25, 0.3) is 0 Å². The first kappa shape index (κ1) is 19.1. The van der Waals surface area contributed by atoms with Crippen LogP contribution in [0, 0.1) is 5.92 Å². The van der Waals surface area contributed by atoms with Crippen LogP contribution in [-0.2, 0) is 18.4 Å². The van der Waals surface area contributed by atoms with E-state index in [0.29, 0.717) is 22.6 Å². The molecule has 9 heteroatoms. The van der Waals surface area contributed by atoms with Crippen LogP contribution in [0.15, 0.2) is 63.7 Å². The van der Waals surface area contributed by atoms with Crippen LogP contribution in [0.4, 0.5) is 0 Å². The number of aromatic nitrogens is 3. The highest BCUT2D eigenvalue weighted by Gasteiger charge is 2.26. The summed E-state index contributed by atoms with van der Waals surface area (Å²) >= 11 is 1.43. The zero-order valence-corrected chi connectivity index (χ0v) is 16.8. The van der Waals surface area contributed by atoms with E-state index in [2.05, 4.69) is 20.2 Å². The molecule has 2 aliphatic rings. The van der Waals surface area contributed by atoms with Gasteiger partial charge in [-0.25, -0.2) is 4.99 Å². The first-order valence-electron chi connectivity index (χ1n) is 8.97. The van der Waals surface area contributed by atoms with Crippen LogP contribution >= 0.6 is 11.8 Å². The quantitative estimate of drug-likeness (QED) is 0.653. The van der Waals surface area contributed by atoms with E-state index in [1.165, 1.54) is 11.8 Å². The molecule has 4 rings (SSSR count). The van der Waals surface area contributed by atoms with Gasteiger partial charge >= 0.3 is 0 Å². The van der Waals surface area contributed by atoms with E-state index < -0.39 is 0 Å². The van der Waals surface area contributed by atoms with Crippen LogP contribution in [0.2, 0.25) is 0 Å². The van der Waals surface area contributed by atoms with Gasteiger partial charge in [-0.3, -0.25) is 4.79 Å². The van der Waals surface area contributed by atoms with Crippen molar-refractivity contribution in [1.82, 2.24) is 14.8 Å². The predicted molar refractivity (Wildman–Crippen MR) is 111 cm³/mol. The summed E-state index contributed by atoms with van der Waals surface area (Å²) in [6, 6.07) is 7.35. The summed E-state index contributed by atoms with van der Waals surface area (Å²) in [6.45, 7) is 0.289. The van der Waals surface area contributed by atoms with Crippen LogP contribution in [0.3, 0.4) is 0 Å². The van der Waals surface area contributed by atoms with Crippen LogP contribution in [0.1, 0.15) is 5.82 Å². The maximum Gasteiger partial charge on any atom is 0.260 e. The lowest BCUT2D eigenvalue weighted by Crippen LogP contribution is -2.27. The Balaban J connectivity index is 1.36. The third-order valence-corrected chi connectivity index (χ3v) is 5.46. The first-order valence-corrected chi connectivity index (χ1v) is 9.95. The van der Waals surface area contributed by atoms with Crippen molar-refractivity contribution in [3.63, 3.8) is 0 Å². The zero-order chi connectivity index (χ0) is 20.2. The minimum atomic E-state index is -0.356. The highest BCUT2D eigenvalue weighted by molar-refractivity contribution is 7.99. The molecule has 1 amide bonds. The van der Waals surface area contributed by atoms with Crippen molar-refractivity contribution in [1.29, 1.82) is 0 Å². The van der Waals surface area contributed by atoms with Crippen molar-refractivity contribution in [2.45, 2.75) is 11.8 Å². The number of hydrogen-bond acceptors (Lipinski definition) is 7. The highest BCUT2D eigenvalue weighted by Crippen LogP contribution is 2.22. The Labute approximate surface area is 172 Å². The second-order valence-corrected chi connectivity index (χ2v) is 7.28. The molecule has 2 aromatic rings. The lowest BCUT2D eigenvalue weighted by atomic mass is 9.97. The fraction of sp³-hybridized carbons (Fsp3) is 0.250. The number of hydrogen-bond donors (Lipinski definition) is 0. The number of benzene rings is 1. The molecule has 0 fully saturated rings. The van der Waals surface area contributed by atoms with Gasteiger partial charge in [0.25, 0.3) is 5.91 Å². The summed E-state index contributed by atoms with van der Waals surface area (Å²) in [5, 5.41) is 9.09. The lowest BCUT2D eigenvalue weighted by molar-refractivity contribution is -0.118. The Morgan fingerprint density at radius 1 is 1.10 bits per heavy atom. The van der Waals surface area contributed by atoms with E-state index >= 15 is 0 Å². The van der Waals surface area contributed by atoms with Gasteiger partial charge in [0.1, 0.15) is 29.9 Å².